The van der Waals surface area contributed by atoms with Crippen LogP contribution in [0.1, 0.15) is 41.5 Å². The third-order valence-electron chi connectivity index (χ3n) is 1.73. The average Bonchev–Trinajstić information content (AvgIpc) is 2.21. The summed E-state index contributed by atoms with van der Waals surface area (Å²) < 4.78 is 0. The van der Waals surface area contributed by atoms with E-state index in [0.717, 1.165) is 11.1 Å². The molecule has 0 rings (SSSR count). The van der Waals surface area contributed by atoms with E-state index in [4.69, 9.17) is 0 Å². The molecule has 0 aliphatic heterocycles. The van der Waals surface area contributed by atoms with Gasteiger partial charge in [-0.1, -0.05) is 43.5 Å². The highest BCUT2D eigenvalue weighted by Crippen LogP contribution is 2.15. The van der Waals surface area contributed by atoms with Gasteiger partial charge >= 0.3 is 0 Å². The first-order valence-corrected chi connectivity index (χ1v) is 5.48. The molecule has 0 aromatic carbocycles. The van der Waals surface area contributed by atoms with E-state index >= 15 is 0 Å². The molecule has 0 aliphatic rings. The quantitative estimate of drug-likeness (QED) is 0.582. The molecule has 0 aromatic heterocycles. The van der Waals surface area contributed by atoms with Gasteiger partial charge in [-0.2, -0.15) is 0 Å². The Kier molecular flexibility index (Phi) is 11.6. The predicted octanol–water partition coefficient (Wildman–Crippen LogP) is 4.83. The number of rotatable bonds is 3. The Morgan fingerprint density at radius 1 is 1.40 bits per heavy atom. The maximum absolute atomic E-state index is 4.19. The summed E-state index contributed by atoms with van der Waals surface area (Å²) >= 11 is 0. The Balaban J connectivity index is 0. The largest absolute Gasteiger partial charge is 0.294 e. The minimum Gasteiger partial charge on any atom is -0.0955 e. The maximum atomic E-state index is 4.19. The summed E-state index contributed by atoms with van der Waals surface area (Å²) in [5.74, 6) is 0. The Morgan fingerprint density at radius 3 is 2.27 bits per heavy atom. The lowest BCUT2D eigenvalue weighted by atomic mass is 10.0. The van der Waals surface area contributed by atoms with E-state index in [0.29, 0.717) is 0 Å². The van der Waals surface area contributed by atoms with Gasteiger partial charge in [0.25, 0.3) is 12.1 Å². The van der Waals surface area contributed by atoms with Crippen molar-refractivity contribution in [1.29, 1.82) is 0 Å². The number of nitrogens with zero attached hydrogens (tertiary/aromatic N) is 1. The van der Waals surface area contributed by atoms with Gasteiger partial charge in [0.05, 0.1) is 6.92 Å². The molecule has 0 saturated heterocycles. The van der Waals surface area contributed by atoms with E-state index in [1.807, 2.05) is 59.8 Å². The monoisotopic (exact) mass is 206 g/mol. The van der Waals surface area contributed by atoms with Crippen LogP contribution in [-0.4, -0.2) is 6.04 Å². The second kappa shape index (κ2) is 10.8. The molecule has 1 heteroatoms. The average molecular weight is 206 g/mol. The fourth-order valence-electron chi connectivity index (χ4n) is 1.10. The number of hydrogen-bond donors (Lipinski definition) is 0. The number of allylic oxidation sites excluding steroid dienone is 3. The van der Waals surface area contributed by atoms with Crippen LogP contribution in [0.4, 0.5) is 0 Å². The molecule has 1 atom stereocenters. The summed E-state index contributed by atoms with van der Waals surface area (Å²) in [4.78, 5) is 4.19. The standard InChI is InChI=1S/C12H18N.C2H6/c1-6-8-9-12(10(3)4)11(5)13-7-2;1-2/h6,8-9,11H,3H2,1-2,4-5H3;1-2H3/q+1;/b8-6-,12-9+;/t11-;/m1./s1. The first kappa shape index (κ1) is 16.2. The predicted molar refractivity (Wildman–Crippen MR) is 71.4 cm³/mol. The fraction of sp³-hybridized carbons (Fsp3) is 0.500. The molecule has 0 bridgehead atoms. The Bertz CT molecular complexity index is 284. The molecular formula is C14H24N+. The fourth-order valence-corrected chi connectivity index (χ4v) is 1.10. The smallest absolute Gasteiger partial charge is 0.0955 e. The van der Waals surface area contributed by atoms with Crippen LogP contribution in [0, 0.1) is 6.07 Å². The van der Waals surface area contributed by atoms with Crippen LogP contribution in [0.5, 0.6) is 0 Å². The van der Waals surface area contributed by atoms with Crippen molar-refractivity contribution < 1.29 is 0 Å². The van der Waals surface area contributed by atoms with Gasteiger partial charge in [0.2, 0.25) is 0 Å². The van der Waals surface area contributed by atoms with Crippen molar-refractivity contribution in [2.75, 3.05) is 0 Å². The van der Waals surface area contributed by atoms with E-state index in [9.17, 15) is 0 Å². The van der Waals surface area contributed by atoms with Crippen molar-refractivity contribution in [3.05, 3.63) is 40.8 Å². The van der Waals surface area contributed by atoms with Crippen LogP contribution < -0.4 is 0 Å². The molecule has 15 heavy (non-hydrogen) atoms. The second-order valence-electron chi connectivity index (χ2n) is 2.96. The third kappa shape index (κ3) is 7.76. The lowest BCUT2D eigenvalue weighted by Gasteiger charge is -2.00. The molecule has 0 heterocycles. The van der Waals surface area contributed by atoms with Crippen molar-refractivity contribution in [1.82, 2.24) is 0 Å². The van der Waals surface area contributed by atoms with Crippen molar-refractivity contribution in [2.45, 2.75) is 47.6 Å². The third-order valence-corrected chi connectivity index (χ3v) is 1.73. The highest BCUT2D eigenvalue weighted by Gasteiger charge is 2.15. The molecule has 84 valence electrons. The van der Waals surface area contributed by atoms with E-state index in [2.05, 4.69) is 17.5 Å². The summed E-state index contributed by atoms with van der Waals surface area (Å²) in [6, 6.07) is 2.95. The van der Waals surface area contributed by atoms with Gasteiger partial charge in [-0.05, 0) is 19.4 Å². The minimum atomic E-state index is 0.152. The van der Waals surface area contributed by atoms with Gasteiger partial charge in [0.1, 0.15) is 0 Å². The van der Waals surface area contributed by atoms with Gasteiger partial charge in [-0.15, -0.1) is 0 Å². The van der Waals surface area contributed by atoms with Crippen LogP contribution >= 0.6 is 0 Å². The van der Waals surface area contributed by atoms with Crippen LogP contribution in [0.25, 0.3) is 4.85 Å². The van der Waals surface area contributed by atoms with Gasteiger partial charge in [0.15, 0.2) is 0 Å². The van der Waals surface area contributed by atoms with Gasteiger partial charge in [-0.3, -0.25) is 0 Å². The zero-order valence-electron chi connectivity index (χ0n) is 11.0. The lowest BCUT2D eigenvalue weighted by Crippen LogP contribution is -2.00. The molecule has 0 aliphatic carbocycles. The molecular weight excluding hydrogens is 182 g/mol. The number of hydrogen-bond acceptors (Lipinski definition) is 0. The Morgan fingerprint density at radius 2 is 1.93 bits per heavy atom. The summed E-state index contributed by atoms with van der Waals surface area (Å²) in [6.45, 7) is 15.8. The topological polar surface area (TPSA) is 4.36 Å². The molecule has 0 saturated carbocycles. The lowest BCUT2D eigenvalue weighted by molar-refractivity contribution is 1.01. The molecule has 0 spiro atoms. The Labute approximate surface area is 95.0 Å². The first-order valence-electron chi connectivity index (χ1n) is 5.48. The molecule has 0 N–H and O–H groups in total. The van der Waals surface area contributed by atoms with E-state index < -0.39 is 0 Å². The molecule has 0 unspecified atom stereocenters. The molecule has 0 radical (unpaired) electrons. The zero-order chi connectivity index (χ0) is 12.3. The Hall–Kier alpha value is -1.29. The molecule has 0 amide bonds. The first-order chi connectivity index (χ1) is 7.13. The summed E-state index contributed by atoms with van der Waals surface area (Å²) in [6.07, 6.45) is 6.05. The van der Waals surface area contributed by atoms with E-state index in [1.165, 1.54) is 0 Å². The maximum Gasteiger partial charge on any atom is 0.294 e. The van der Waals surface area contributed by atoms with Gasteiger partial charge < -0.3 is 0 Å². The van der Waals surface area contributed by atoms with Crippen molar-refractivity contribution in [3.8, 4) is 6.07 Å². The van der Waals surface area contributed by atoms with E-state index in [-0.39, 0.29) is 6.04 Å². The summed E-state index contributed by atoms with van der Waals surface area (Å²) in [5, 5.41) is 0. The van der Waals surface area contributed by atoms with Crippen molar-refractivity contribution in [2.24, 2.45) is 0 Å². The molecule has 0 aromatic rings. The zero-order valence-corrected chi connectivity index (χ0v) is 11.0. The summed E-state index contributed by atoms with van der Waals surface area (Å²) in [7, 11) is 0. The van der Waals surface area contributed by atoms with Crippen LogP contribution in [0.15, 0.2) is 36.0 Å². The highest BCUT2D eigenvalue weighted by molar-refractivity contribution is 5.36. The van der Waals surface area contributed by atoms with Gasteiger partial charge in [-0.25, -0.2) is 0 Å². The molecule has 1 nitrogen and oxygen atoms in total. The van der Waals surface area contributed by atoms with Crippen molar-refractivity contribution >= 4 is 0 Å². The summed E-state index contributed by atoms with van der Waals surface area (Å²) in [5.41, 5.74) is 2.22. The van der Waals surface area contributed by atoms with E-state index in [1.54, 1.807) is 0 Å². The highest BCUT2D eigenvalue weighted by atomic mass is 14.7. The van der Waals surface area contributed by atoms with Crippen LogP contribution in [0.3, 0.4) is 0 Å². The second-order valence-corrected chi connectivity index (χ2v) is 2.96. The van der Waals surface area contributed by atoms with Gasteiger partial charge in [0, 0.05) is 12.5 Å². The minimum absolute atomic E-state index is 0.152. The van der Waals surface area contributed by atoms with Crippen LogP contribution in [0.2, 0.25) is 0 Å². The SMILES string of the molecule is C=C(C)/C(=C\C=C/C)[C@@H](C)[N+]#CC.CC. The molecule has 0 fully saturated rings. The van der Waals surface area contributed by atoms with Crippen molar-refractivity contribution in [3.63, 3.8) is 0 Å². The normalized spacial score (nSPS) is 12.3. The van der Waals surface area contributed by atoms with Crippen LogP contribution in [-0.2, 0) is 0 Å².